The van der Waals surface area contributed by atoms with Crippen LogP contribution in [0, 0.1) is 0 Å². The molecule has 180 valence electrons. The second-order valence-corrected chi connectivity index (χ2v) is 10.3. The summed E-state index contributed by atoms with van der Waals surface area (Å²) >= 11 is 0. The van der Waals surface area contributed by atoms with Gasteiger partial charge in [-0.1, -0.05) is 29.3 Å². The third-order valence-electron chi connectivity index (χ3n) is 6.57. The van der Waals surface area contributed by atoms with Crippen LogP contribution in [0.1, 0.15) is 56.9 Å². The highest BCUT2D eigenvalue weighted by Gasteiger charge is 2.32. The second-order valence-electron chi connectivity index (χ2n) is 10.3. The highest BCUT2D eigenvalue weighted by atomic mass is 16.6. The first kappa shape index (κ1) is 22.8. The van der Waals surface area contributed by atoms with E-state index < -0.39 is 5.60 Å². The average Bonchev–Trinajstić information content (AvgIpc) is 2.80. The fourth-order valence-electron chi connectivity index (χ4n) is 4.78. The number of nitrogens with two attached hydrogens (primary N) is 1. The predicted octanol–water partition coefficient (Wildman–Crippen LogP) is 3.33. The van der Waals surface area contributed by atoms with Crippen molar-refractivity contribution >= 4 is 17.7 Å². The number of aliphatic imine (C=N–C) groups is 1. The van der Waals surface area contributed by atoms with Crippen LogP contribution in [0.15, 0.2) is 47.6 Å². The van der Waals surface area contributed by atoms with Crippen molar-refractivity contribution < 1.29 is 18.8 Å². The molecule has 0 spiro atoms. The summed E-state index contributed by atoms with van der Waals surface area (Å²) in [6, 6.07) is 12.4. The van der Waals surface area contributed by atoms with Crippen molar-refractivity contribution in [3.8, 4) is 5.75 Å². The first-order valence-electron chi connectivity index (χ1n) is 12.1. The van der Waals surface area contributed by atoms with Gasteiger partial charge in [0.05, 0.1) is 6.54 Å². The molecule has 3 aliphatic rings. The number of fused-ring (bicyclic) bond motifs is 2. The Kier molecular flexibility index (Phi) is 6.04. The van der Waals surface area contributed by atoms with Crippen molar-refractivity contribution in [1.82, 2.24) is 9.80 Å². The molecule has 0 radical (unpaired) electrons. The van der Waals surface area contributed by atoms with Gasteiger partial charge in [-0.2, -0.15) is 4.57 Å². The summed E-state index contributed by atoms with van der Waals surface area (Å²) in [5.74, 6) is 2.76. The first-order valence-corrected chi connectivity index (χ1v) is 12.1. The third kappa shape index (κ3) is 4.79. The second kappa shape index (κ2) is 9.00. The van der Waals surface area contributed by atoms with E-state index in [1.165, 1.54) is 11.1 Å². The number of carbonyl (C=O) groups excluding carboxylic acids is 1. The topological polar surface area (TPSA) is 84.3 Å². The van der Waals surface area contributed by atoms with Crippen LogP contribution in [-0.4, -0.2) is 60.1 Å². The van der Waals surface area contributed by atoms with E-state index in [0.29, 0.717) is 13.1 Å². The molecule has 2 aromatic rings. The van der Waals surface area contributed by atoms with E-state index in [1.54, 1.807) is 4.90 Å². The Morgan fingerprint density at radius 2 is 1.82 bits per heavy atom. The molecule has 1 saturated heterocycles. The average molecular weight is 465 g/mol. The summed E-state index contributed by atoms with van der Waals surface area (Å²) in [5, 5.41) is 0. The van der Waals surface area contributed by atoms with Crippen molar-refractivity contribution in [3.05, 3.63) is 53.7 Å². The molecule has 1 amide bonds. The highest BCUT2D eigenvalue weighted by Crippen LogP contribution is 2.37. The number of benzene rings is 1. The summed E-state index contributed by atoms with van der Waals surface area (Å²) in [4.78, 5) is 21.1. The molecule has 2 aliphatic heterocycles. The van der Waals surface area contributed by atoms with E-state index in [-0.39, 0.29) is 18.2 Å². The Hall–Kier alpha value is -2.97. The van der Waals surface area contributed by atoms with E-state index in [2.05, 4.69) is 26.6 Å². The van der Waals surface area contributed by atoms with E-state index in [9.17, 15) is 4.79 Å². The Balaban J connectivity index is 1.18. The number of hydrogen-bond acceptors (Lipinski definition) is 6. The van der Waals surface area contributed by atoms with E-state index in [1.807, 2.05) is 51.2 Å². The summed E-state index contributed by atoms with van der Waals surface area (Å²) in [6.07, 6.45) is 3.63. The quantitative estimate of drug-likeness (QED) is 0.702. The van der Waals surface area contributed by atoms with Crippen LogP contribution in [0.2, 0.25) is 0 Å². The lowest BCUT2D eigenvalue weighted by Crippen LogP contribution is -2.58. The summed E-state index contributed by atoms with van der Waals surface area (Å²) < 4.78 is 14.0. The fourth-order valence-corrected chi connectivity index (χ4v) is 4.78. The normalized spacial score (nSPS) is 22.2. The molecule has 2 N–H and O–H groups in total. The van der Waals surface area contributed by atoms with Gasteiger partial charge in [-0.05, 0) is 50.8 Å². The number of ether oxygens (including phenoxy) is 2. The van der Waals surface area contributed by atoms with Crippen molar-refractivity contribution in [3.63, 3.8) is 0 Å². The van der Waals surface area contributed by atoms with Crippen LogP contribution >= 0.6 is 0 Å². The number of rotatable bonds is 4. The Morgan fingerprint density at radius 3 is 2.56 bits per heavy atom. The molecule has 0 bridgehead atoms. The number of pyridine rings is 1. The van der Waals surface area contributed by atoms with Gasteiger partial charge in [0.2, 0.25) is 0 Å². The van der Waals surface area contributed by atoms with E-state index >= 15 is 0 Å². The minimum atomic E-state index is -0.471. The Bertz CT molecular complexity index is 1100. The number of carbonyl (C=O) groups is 1. The number of aromatic nitrogens is 1. The van der Waals surface area contributed by atoms with Gasteiger partial charge in [-0.15, -0.1) is 0 Å². The maximum absolute atomic E-state index is 12.3. The van der Waals surface area contributed by atoms with Gasteiger partial charge in [0.25, 0.3) is 11.7 Å². The largest absolute Gasteiger partial charge is 0.483 e. The van der Waals surface area contributed by atoms with Crippen LogP contribution in [0.5, 0.6) is 5.75 Å². The maximum Gasteiger partial charge on any atom is 0.410 e. The molecule has 8 nitrogen and oxygen atoms in total. The third-order valence-corrected chi connectivity index (χ3v) is 6.57. The number of hydrogen-bond donors (Lipinski definition) is 1. The Labute approximate surface area is 201 Å². The minimum absolute atomic E-state index is 0.0102. The summed E-state index contributed by atoms with van der Waals surface area (Å²) in [7, 11) is 0. The highest BCUT2D eigenvalue weighted by molar-refractivity contribution is 5.83. The van der Waals surface area contributed by atoms with Gasteiger partial charge in [0, 0.05) is 38.3 Å². The number of amides is 1. The molecule has 1 aromatic heterocycles. The smallest absolute Gasteiger partial charge is 0.410 e. The van der Waals surface area contributed by atoms with Crippen LogP contribution in [0.3, 0.4) is 0 Å². The predicted molar refractivity (Wildman–Crippen MR) is 129 cm³/mol. The minimum Gasteiger partial charge on any atom is -0.483 e. The molecule has 1 fully saturated rings. The van der Waals surface area contributed by atoms with E-state index in [0.717, 1.165) is 49.9 Å². The van der Waals surface area contributed by atoms with Gasteiger partial charge in [0.1, 0.15) is 17.9 Å². The molecule has 34 heavy (non-hydrogen) atoms. The zero-order valence-corrected chi connectivity index (χ0v) is 20.2. The van der Waals surface area contributed by atoms with Crippen LogP contribution in [-0.2, 0) is 4.74 Å². The molecule has 5 rings (SSSR count). The molecule has 0 saturated carbocycles. The van der Waals surface area contributed by atoms with Gasteiger partial charge in [-0.3, -0.25) is 4.90 Å². The van der Waals surface area contributed by atoms with Crippen molar-refractivity contribution in [2.24, 2.45) is 10.7 Å². The SMILES string of the molecule is CC(C)(C)OC(=O)N1CCN(CC2=Nc3ccc(OC4CCC(N)c5ccccc54)c[n+]32)CC1. The Morgan fingerprint density at radius 1 is 1.09 bits per heavy atom. The molecule has 8 heteroatoms. The standard InChI is InChI=1S/C26H34N5O3/c1-26(2,3)34-25(32)30-14-12-29(13-15-30)17-24-28-23-11-8-18(16-31(23)24)33-22-10-9-21(27)19-6-4-5-7-20(19)22/h4-8,11,16,21-22H,9-10,12-15,17,27H2,1-3H3/q+1. The maximum atomic E-state index is 12.3. The molecule has 3 heterocycles. The van der Waals surface area contributed by atoms with Crippen LogP contribution in [0.25, 0.3) is 0 Å². The van der Waals surface area contributed by atoms with Crippen molar-refractivity contribution in [2.45, 2.75) is 51.4 Å². The monoisotopic (exact) mass is 464 g/mol. The molecular formula is C26H34N5O3+. The van der Waals surface area contributed by atoms with Gasteiger partial charge >= 0.3 is 6.09 Å². The summed E-state index contributed by atoms with van der Waals surface area (Å²) in [5.41, 5.74) is 8.20. The van der Waals surface area contributed by atoms with Crippen LogP contribution < -0.4 is 15.0 Å². The zero-order chi connectivity index (χ0) is 23.9. The lowest BCUT2D eigenvalue weighted by Gasteiger charge is -2.35. The molecule has 2 unspecified atom stereocenters. The molecule has 1 aromatic carbocycles. The lowest BCUT2D eigenvalue weighted by atomic mass is 9.86. The van der Waals surface area contributed by atoms with Gasteiger partial charge < -0.3 is 20.1 Å². The fraction of sp³-hybridized carbons (Fsp3) is 0.500. The zero-order valence-electron chi connectivity index (χ0n) is 20.2. The molecule has 1 aliphatic carbocycles. The van der Waals surface area contributed by atoms with Crippen molar-refractivity contribution in [2.75, 3.05) is 32.7 Å². The summed E-state index contributed by atoms with van der Waals surface area (Å²) in [6.45, 7) is 9.33. The van der Waals surface area contributed by atoms with Crippen molar-refractivity contribution in [1.29, 1.82) is 0 Å². The van der Waals surface area contributed by atoms with Crippen LogP contribution in [0.4, 0.5) is 10.6 Å². The molecule has 2 atom stereocenters. The van der Waals surface area contributed by atoms with E-state index in [4.69, 9.17) is 15.2 Å². The van der Waals surface area contributed by atoms with Gasteiger partial charge in [0.15, 0.2) is 5.75 Å². The number of nitrogens with zero attached hydrogens (tertiary/aromatic N) is 4. The van der Waals surface area contributed by atoms with Gasteiger partial charge in [-0.25, -0.2) is 4.79 Å². The lowest BCUT2D eigenvalue weighted by molar-refractivity contribution is -0.560. The first-order chi connectivity index (χ1) is 16.3. The number of piperazine rings is 1. The molecular weight excluding hydrogens is 430 g/mol.